The molecular weight excluding hydrogens is 260 g/mol. The van der Waals surface area contributed by atoms with E-state index < -0.39 is 0 Å². The number of anilines is 1. The zero-order chi connectivity index (χ0) is 13.5. The predicted octanol–water partition coefficient (Wildman–Crippen LogP) is 3.54. The highest BCUT2D eigenvalue weighted by atomic mass is 35.5. The number of amides is 1. The number of nitrogens with one attached hydrogen (secondary N) is 1. The van der Waals surface area contributed by atoms with Crippen molar-refractivity contribution in [2.45, 2.75) is 32.1 Å². The molecule has 0 aromatic heterocycles. The fourth-order valence-electron chi connectivity index (χ4n) is 2.35. The van der Waals surface area contributed by atoms with Crippen molar-refractivity contribution >= 4 is 23.2 Å². The first kappa shape index (κ1) is 14.2. The maximum atomic E-state index is 12.1. The highest BCUT2D eigenvalue weighted by molar-refractivity contribution is 6.30. The van der Waals surface area contributed by atoms with Crippen LogP contribution in [0, 0.1) is 0 Å². The number of nitrogens with zero attached hydrogens (tertiary/aromatic N) is 1. The molecule has 3 nitrogen and oxygen atoms in total. The Hall–Kier alpha value is -1.22. The number of halogens is 1. The maximum absolute atomic E-state index is 12.1. The third-order valence-electron chi connectivity index (χ3n) is 3.50. The lowest BCUT2D eigenvalue weighted by atomic mass is 10.1. The van der Waals surface area contributed by atoms with Crippen LogP contribution in [0.25, 0.3) is 0 Å². The minimum absolute atomic E-state index is 0.192. The summed E-state index contributed by atoms with van der Waals surface area (Å²) < 4.78 is 0. The van der Waals surface area contributed by atoms with E-state index in [1.54, 1.807) is 0 Å². The molecule has 1 heterocycles. The predicted molar refractivity (Wildman–Crippen MR) is 79.6 cm³/mol. The molecule has 1 N–H and O–H groups in total. The van der Waals surface area contributed by atoms with Gasteiger partial charge in [-0.3, -0.25) is 4.79 Å². The third-order valence-corrected chi connectivity index (χ3v) is 3.75. The standard InChI is InChI=1S/C15H21ClN2O/c16-13-6-8-14(9-7-13)17-12-15(19)18-10-4-2-1-3-5-11-18/h6-9,17H,1-5,10-12H2. The van der Waals surface area contributed by atoms with Crippen molar-refractivity contribution in [3.8, 4) is 0 Å². The number of likely N-dealkylation sites (tertiary alicyclic amines) is 1. The maximum Gasteiger partial charge on any atom is 0.241 e. The first-order valence-electron chi connectivity index (χ1n) is 7.03. The Balaban J connectivity index is 1.80. The van der Waals surface area contributed by atoms with E-state index >= 15 is 0 Å². The van der Waals surface area contributed by atoms with Crippen LogP contribution in [0.5, 0.6) is 0 Å². The van der Waals surface area contributed by atoms with E-state index in [1.165, 1.54) is 19.3 Å². The molecule has 0 spiro atoms. The smallest absolute Gasteiger partial charge is 0.241 e. The molecule has 0 aliphatic carbocycles. The molecule has 1 amide bonds. The van der Waals surface area contributed by atoms with Gasteiger partial charge in [0, 0.05) is 23.8 Å². The summed E-state index contributed by atoms with van der Waals surface area (Å²) in [6.45, 7) is 2.17. The molecule has 0 atom stereocenters. The molecule has 0 saturated carbocycles. The Morgan fingerprint density at radius 1 is 1.05 bits per heavy atom. The van der Waals surface area contributed by atoms with Gasteiger partial charge in [0.25, 0.3) is 0 Å². The van der Waals surface area contributed by atoms with Crippen LogP contribution in [0.15, 0.2) is 24.3 Å². The third kappa shape index (κ3) is 4.75. The van der Waals surface area contributed by atoms with E-state index in [0.717, 1.165) is 31.6 Å². The van der Waals surface area contributed by atoms with Crippen molar-refractivity contribution < 1.29 is 4.79 Å². The van der Waals surface area contributed by atoms with E-state index in [4.69, 9.17) is 11.6 Å². The first-order valence-corrected chi connectivity index (χ1v) is 7.41. The van der Waals surface area contributed by atoms with Gasteiger partial charge in [0.05, 0.1) is 6.54 Å². The van der Waals surface area contributed by atoms with Crippen molar-refractivity contribution in [3.05, 3.63) is 29.3 Å². The second-order valence-electron chi connectivity index (χ2n) is 5.01. The molecule has 19 heavy (non-hydrogen) atoms. The Bertz CT molecular complexity index is 397. The summed E-state index contributed by atoms with van der Waals surface area (Å²) in [5.41, 5.74) is 0.935. The largest absolute Gasteiger partial charge is 0.376 e. The highest BCUT2D eigenvalue weighted by Crippen LogP contribution is 2.14. The van der Waals surface area contributed by atoms with E-state index in [1.807, 2.05) is 29.2 Å². The van der Waals surface area contributed by atoms with Gasteiger partial charge in [-0.1, -0.05) is 30.9 Å². The second-order valence-corrected chi connectivity index (χ2v) is 5.45. The topological polar surface area (TPSA) is 32.3 Å². The average molecular weight is 281 g/mol. The monoisotopic (exact) mass is 280 g/mol. The lowest BCUT2D eigenvalue weighted by molar-refractivity contribution is -0.129. The molecule has 0 bridgehead atoms. The van der Waals surface area contributed by atoms with Crippen LogP contribution in [0.4, 0.5) is 5.69 Å². The van der Waals surface area contributed by atoms with E-state index in [2.05, 4.69) is 5.32 Å². The molecule has 1 saturated heterocycles. The number of benzene rings is 1. The number of hydrogen-bond acceptors (Lipinski definition) is 2. The minimum Gasteiger partial charge on any atom is -0.376 e. The van der Waals surface area contributed by atoms with Crippen LogP contribution in [0.1, 0.15) is 32.1 Å². The lowest BCUT2D eigenvalue weighted by Gasteiger charge is -2.25. The lowest BCUT2D eigenvalue weighted by Crippen LogP contribution is -2.37. The number of hydrogen-bond donors (Lipinski definition) is 1. The number of carbonyl (C=O) groups excluding carboxylic acids is 1. The fourth-order valence-corrected chi connectivity index (χ4v) is 2.48. The molecule has 0 unspecified atom stereocenters. The van der Waals surface area contributed by atoms with Gasteiger partial charge in [-0.25, -0.2) is 0 Å². The van der Waals surface area contributed by atoms with Crippen LogP contribution < -0.4 is 5.32 Å². The van der Waals surface area contributed by atoms with Gasteiger partial charge < -0.3 is 10.2 Å². The SMILES string of the molecule is O=C(CNc1ccc(Cl)cc1)N1CCCCCCC1. The number of carbonyl (C=O) groups is 1. The normalized spacial score (nSPS) is 16.6. The van der Waals surface area contributed by atoms with Crippen molar-refractivity contribution in [1.82, 2.24) is 4.90 Å². The molecule has 1 aromatic rings. The van der Waals surface area contributed by atoms with E-state index in [9.17, 15) is 4.79 Å². The molecule has 1 aliphatic rings. The Morgan fingerprint density at radius 2 is 1.63 bits per heavy atom. The van der Waals surface area contributed by atoms with Gasteiger partial charge in [0.2, 0.25) is 5.91 Å². The highest BCUT2D eigenvalue weighted by Gasteiger charge is 2.14. The summed E-state index contributed by atoms with van der Waals surface area (Å²) in [6, 6.07) is 7.43. The van der Waals surface area contributed by atoms with Gasteiger partial charge in [0.15, 0.2) is 0 Å². The summed E-state index contributed by atoms with van der Waals surface area (Å²) in [5, 5.41) is 3.86. The van der Waals surface area contributed by atoms with Gasteiger partial charge in [-0.15, -0.1) is 0 Å². The summed E-state index contributed by atoms with van der Waals surface area (Å²) in [5.74, 6) is 0.192. The quantitative estimate of drug-likeness (QED) is 0.918. The number of rotatable bonds is 3. The summed E-state index contributed by atoms with van der Waals surface area (Å²) in [4.78, 5) is 14.1. The molecule has 0 radical (unpaired) electrons. The zero-order valence-corrected chi connectivity index (χ0v) is 12.0. The second kappa shape index (κ2) is 7.39. The van der Waals surface area contributed by atoms with Gasteiger partial charge in [-0.05, 0) is 37.1 Å². The molecule has 1 aliphatic heterocycles. The molecule has 2 rings (SSSR count). The van der Waals surface area contributed by atoms with Crippen LogP contribution in [0.3, 0.4) is 0 Å². The molecule has 104 valence electrons. The van der Waals surface area contributed by atoms with Crippen molar-refractivity contribution in [2.75, 3.05) is 25.0 Å². The first-order chi connectivity index (χ1) is 9.25. The van der Waals surface area contributed by atoms with Gasteiger partial charge >= 0.3 is 0 Å². The fraction of sp³-hybridized carbons (Fsp3) is 0.533. The summed E-state index contributed by atoms with van der Waals surface area (Å²) in [6.07, 6.45) is 6.06. The van der Waals surface area contributed by atoms with E-state index in [0.29, 0.717) is 11.6 Å². The minimum atomic E-state index is 0.192. The van der Waals surface area contributed by atoms with Gasteiger partial charge in [0.1, 0.15) is 0 Å². The Labute approximate surface area is 119 Å². The van der Waals surface area contributed by atoms with Crippen molar-refractivity contribution in [3.63, 3.8) is 0 Å². The molecule has 1 fully saturated rings. The van der Waals surface area contributed by atoms with Crippen LogP contribution in [-0.2, 0) is 4.79 Å². The summed E-state index contributed by atoms with van der Waals surface area (Å²) in [7, 11) is 0. The molecule has 1 aromatic carbocycles. The van der Waals surface area contributed by atoms with Crippen molar-refractivity contribution in [1.29, 1.82) is 0 Å². The van der Waals surface area contributed by atoms with Gasteiger partial charge in [-0.2, -0.15) is 0 Å². The van der Waals surface area contributed by atoms with Crippen LogP contribution in [-0.4, -0.2) is 30.4 Å². The van der Waals surface area contributed by atoms with Crippen LogP contribution >= 0.6 is 11.6 Å². The Morgan fingerprint density at radius 3 is 2.26 bits per heavy atom. The Kier molecular flexibility index (Phi) is 5.52. The van der Waals surface area contributed by atoms with Crippen molar-refractivity contribution in [2.24, 2.45) is 0 Å². The van der Waals surface area contributed by atoms with Crippen LogP contribution in [0.2, 0.25) is 5.02 Å². The van der Waals surface area contributed by atoms with E-state index in [-0.39, 0.29) is 5.91 Å². The zero-order valence-electron chi connectivity index (χ0n) is 11.2. The average Bonchev–Trinajstić information content (AvgIpc) is 2.37. The molecule has 4 heteroatoms. The molecular formula is C15H21ClN2O. The summed E-state index contributed by atoms with van der Waals surface area (Å²) >= 11 is 5.83.